The maximum atomic E-state index is 13.5. The lowest BCUT2D eigenvalue weighted by Gasteiger charge is -2.34. The molecule has 1 aliphatic rings. The number of hydrogen-bond donors (Lipinski definition) is 1. The average molecular weight is 415 g/mol. The zero-order chi connectivity index (χ0) is 20.6. The van der Waals surface area contributed by atoms with Crippen LogP contribution in [0.5, 0.6) is 0 Å². The highest BCUT2D eigenvalue weighted by Crippen LogP contribution is 2.21. The minimum absolute atomic E-state index is 0.152. The van der Waals surface area contributed by atoms with E-state index in [0.717, 1.165) is 6.07 Å². The summed E-state index contributed by atoms with van der Waals surface area (Å²) in [6, 6.07) is 13.2. The van der Waals surface area contributed by atoms with Crippen molar-refractivity contribution in [1.82, 2.24) is 14.2 Å². The minimum Gasteiger partial charge on any atom is -0.336 e. The second-order valence-corrected chi connectivity index (χ2v) is 8.68. The lowest BCUT2D eigenvalue weighted by molar-refractivity contribution is 0.0699. The van der Waals surface area contributed by atoms with Crippen molar-refractivity contribution in [2.75, 3.05) is 26.2 Å². The van der Waals surface area contributed by atoms with Crippen LogP contribution in [0.1, 0.15) is 10.4 Å². The van der Waals surface area contributed by atoms with Crippen LogP contribution in [0.3, 0.4) is 0 Å². The molecule has 150 valence electrons. The van der Waals surface area contributed by atoms with E-state index < -0.39 is 21.4 Å². The van der Waals surface area contributed by atoms with E-state index in [-0.39, 0.29) is 48.1 Å². The van der Waals surface area contributed by atoms with Crippen LogP contribution in [-0.4, -0.2) is 54.7 Å². The zero-order valence-electron chi connectivity index (χ0n) is 15.3. The molecule has 2 aromatic carbocycles. The van der Waals surface area contributed by atoms with Gasteiger partial charge in [0.05, 0.1) is 16.0 Å². The molecule has 0 radical (unpaired) electrons. The number of hydrogen-bond acceptors (Lipinski definition) is 4. The monoisotopic (exact) mass is 415 g/mol. The highest BCUT2D eigenvalue weighted by Gasteiger charge is 2.30. The van der Waals surface area contributed by atoms with Gasteiger partial charge in [-0.2, -0.15) is 4.31 Å². The fraction of sp³-hybridized carbons (Fsp3) is 0.200. The number of piperazine rings is 1. The summed E-state index contributed by atoms with van der Waals surface area (Å²) in [5.74, 6) is -0.901. The van der Waals surface area contributed by atoms with E-state index in [1.54, 1.807) is 18.2 Å². The van der Waals surface area contributed by atoms with Crippen molar-refractivity contribution in [3.63, 3.8) is 0 Å². The lowest BCUT2D eigenvalue weighted by Crippen LogP contribution is -2.50. The molecule has 1 saturated heterocycles. The molecule has 0 atom stereocenters. The van der Waals surface area contributed by atoms with Crippen molar-refractivity contribution < 1.29 is 17.6 Å². The Kier molecular flexibility index (Phi) is 4.93. The second-order valence-electron chi connectivity index (χ2n) is 6.75. The third-order valence-corrected chi connectivity index (χ3v) is 6.86. The molecular formula is C20H18FN3O4S. The van der Waals surface area contributed by atoms with Crippen LogP contribution in [0.2, 0.25) is 0 Å². The summed E-state index contributed by atoms with van der Waals surface area (Å²) in [6.07, 6.45) is 0. The van der Waals surface area contributed by atoms with E-state index in [9.17, 15) is 22.4 Å². The third-order valence-electron chi connectivity index (χ3n) is 4.94. The molecule has 9 heteroatoms. The van der Waals surface area contributed by atoms with E-state index in [1.807, 2.05) is 0 Å². The third kappa shape index (κ3) is 3.66. The number of sulfonamides is 1. The van der Waals surface area contributed by atoms with Crippen LogP contribution in [0, 0.1) is 5.82 Å². The Bertz CT molecular complexity index is 1230. The van der Waals surface area contributed by atoms with E-state index in [0.29, 0.717) is 5.39 Å². The highest BCUT2D eigenvalue weighted by molar-refractivity contribution is 7.89. The normalized spacial score (nSPS) is 15.6. The fourth-order valence-corrected chi connectivity index (χ4v) is 4.90. The summed E-state index contributed by atoms with van der Waals surface area (Å²) in [5, 5.41) is 0.440. The summed E-state index contributed by atoms with van der Waals surface area (Å²) >= 11 is 0. The second kappa shape index (κ2) is 7.41. The van der Waals surface area contributed by atoms with Crippen LogP contribution in [0.15, 0.2) is 64.3 Å². The standard InChI is InChI=1S/C20H18FN3O4S/c21-14-6-7-16-17(13-19(25)22-18(16)12-14)20(26)23-8-10-24(11-9-23)29(27,28)15-4-2-1-3-5-15/h1-7,12-13H,8-11H2,(H,22,25). The number of pyridine rings is 1. The lowest BCUT2D eigenvalue weighted by atomic mass is 10.1. The summed E-state index contributed by atoms with van der Waals surface area (Å²) in [7, 11) is -3.62. The van der Waals surface area contributed by atoms with Crippen molar-refractivity contribution in [2.24, 2.45) is 0 Å². The number of nitrogens with one attached hydrogen (secondary N) is 1. The summed E-state index contributed by atoms with van der Waals surface area (Å²) in [4.78, 5) is 29.1. The van der Waals surface area contributed by atoms with Crippen LogP contribution in [-0.2, 0) is 10.0 Å². The Labute approximate surface area is 166 Å². The molecule has 1 fully saturated rings. The maximum absolute atomic E-state index is 13.5. The van der Waals surface area contributed by atoms with E-state index in [2.05, 4.69) is 4.98 Å². The Balaban J connectivity index is 1.56. The van der Waals surface area contributed by atoms with Gasteiger partial charge in [0.25, 0.3) is 5.91 Å². The quantitative estimate of drug-likeness (QED) is 0.707. The summed E-state index contributed by atoms with van der Waals surface area (Å²) in [5.41, 5.74) is -0.0917. The van der Waals surface area contributed by atoms with Gasteiger partial charge in [-0.3, -0.25) is 9.59 Å². The molecule has 0 unspecified atom stereocenters. The van der Waals surface area contributed by atoms with E-state index >= 15 is 0 Å². The number of aromatic amines is 1. The van der Waals surface area contributed by atoms with Gasteiger partial charge in [-0.05, 0) is 30.3 Å². The molecule has 2 heterocycles. The van der Waals surface area contributed by atoms with Crippen molar-refractivity contribution in [1.29, 1.82) is 0 Å². The van der Waals surface area contributed by atoms with Crippen LogP contribution in [0.25, 0.3) is 10.9 Å². The van der Waals surface area contributed by atoms with Gasteiger partial charge < -0.3 is 9.88 Å². The summed E-state index contributed by atoms with van der Waals surface area (Å²) in [6.45, 7) is 0.693. The maximum Gasteiger partial charge on any atom is 0.254 e. The number of benzene rings is 2. The molecular weight excluding hydrogens is 397 g/mol. The molecule has 0 spiro atoms. The molecule has 0 aliphatic carbocycles. The van der Waals surface area contributed by atoms with Gasteiger partial charge in [-0.15, -0.1) is 0 Å². The van der Waals surface area contributed by atoms with Crippen molar-refractivity contribution in [3.8, 4) is 0 Å². The number of H-pyrrole nitrogens is 1. The number of carbonyl (C=O) groups excluding carboxylic acids is 1. The number of fused-ring (bicyclic) bond motifs is 1. The van der Waals surface area contributed by atoms with Gasteiger partial charge in [-0.25, -0.2) is 12.8 Å². The van der Waals surface area contributed by atoms with Gasteiger partial charge >= 0.3 is 0 Å². The SMILES string of the molecule is O=C(c1cc(=O)[nH]c2cc(F)ccc12)N1CCN(S(=O)(=O)c2ccccc2)CC1. The van der Waals surface area contributed by atoms with Gasteiger partial charge in [0.1, 0.15) is 5.82 Å². The molecule has 1 N–H and O–H groups in total. The first-order chi connectivity index (χ1) is 13.9. The highest BCUT2D eigenvalue weighted by atomic mass is 32.2. The first-order valence-corrected chi connectivity index (χ1v) is 10.5. The van der Waals surface area contributed by atoms with Crippen molar-refractivity contribution in [2.45, 2.75) is 4.90 Å². The van der Waals surface area contributed by atoms with Gasteiger partial charge in [0.15, 0.2) is 0 Å². The Morgan fingerprint density at radius 3 is 2.34 bits per heavy atom. The molecule has 1 aliphatic heterocycles. The van der Waals surface area contributed by atoms with Crippen molar-refractivity contribution >= 4 is 26.8 Å². The van der Waals surface area contributed by atoms with Crippen molar-refractivity contribution in [3.05, 3.63) is 76.3 Å². The number of halogens is 1. The largest absolute Gasteiger partial charge is 0.336 e. The van der Waals surface area contributed by atoms with Gasteiger partial charge in [-0.1, -0.05) is 18.2 Å². The molecule has 0 bridgehead atoms. The summed E-state index contributed by atoms with van der Waals surface area (Å²) < 4.78 is 40.3. The molecule has 0 saturated carbocycles. The van der Waals surface area contributed by atoms with E-state index in [1.165, 1.54) is 39.5 Å². The molecule has 7 nitrogen and oxygen atoms in total. The first-order valence-electron chi connectivity index (χ1n) is 9.03. The molecule has 3 aromatic rings. The Morgan fingerprint density at radius 1 is 0.966 bits per heavy atom. The predicted octanol–water partition coefficient (Wildman–Crippen LogP) is 1.81. The number of carbonyl (C=O) groups is 1. The zero-order valence-corrected chi connectivity index (χ0v) is 16.2. The minimum atomic E-state index is -3.62. The Hall–Kier alpha value is -3.04. The van der Waals surface area contributed by atoms with Crippen LogP contribution in [0.4, 0.5) is 4.39 Å². The average Bonchev–Trinajstić information content (AvgIpc) is 2.73. The number of rotatable bonds is 3. The molecule has 1 aromatic heterocycles. The Morgan fingerprint density at radius 2 is 1.66 bits per heavy atom. The molecule has 1 amide bonds. The number of amides is 1. The first kappa shape index (κ1) is 19.3. The smallest absolute Gasteiger partial charge is 0.254 e. The van der Waals surface area contributed by atoms with Gasteiger partial charge in [0.2, 0.25) is 15.6 Å². The van der Waals surface area contributed by atoms with Gasteiger partial charge in [0, 0.05) is 37.6 Å². The number of nitrogens with zero attached hydrogens (tertiary/aromatic N) is 2. The predicted molar refractivity (Wildman–Crippen MR) is 106 cm³/mol. The van der Waals surface area contributed by atoms with Crippen LogP contribution < -0.4 is 5.56 Å². The van der Waals surface area contributed by atoms with Crippen LogP contribution >= 0.6 is 0 Å². The number of aromatic nitrogens is 1. The molecule has 4 rings (SSSR count). The fourth-order valence-electron chi connectivity index (χ4n) is 3.45. The van der Waals surface area contributed by atoms with E-state index in [4.69, 9.17) is 0 Å². The molecule has 29 heavy (non-hydrogen) atoms. The topological polar surface area (TPSA) is 90.6 Å².